The molecule has 11 nitrogen and oxygen atoms in total. The molecule has 0 radical (unpaired) electrons. The highest BCUT2D eigenvalue weighted by molar-refractivity contribution is 7.48. The molecule has 27 heavy (non-hydrogen) atoms. The minimum absolute atomic E-state index is 0.00977. The maximum Gasteiger partial charge on any atom is 0.475 e. The highest BCUT2D eigenvalue weighted by atomic mass is 31.2. The number of anilines is 1. The van der Waals surface area contributed by atoms with Crippen LogP contribution in [0.15, 0.2) is 11.1 Å². The molecule has 0 aliphatic carbocycles. The number of nitrogens with zero attached hydrogens (tertiary/aromatic N) is 3. The molecular weight excluding hydrogens is 384 g/mol. The molecule has 2 aliphatic rings. The molecule has 2 fully saturated rings. The van der Waals surface area contributed by atoms with E-state index in [1.807, 2.05) is 0 Å². The maximum atomic E-state index is 15.7. The van der Waals surface area contributed by atoms with Crippen LogP contribution in [0, 0.1) is 0 Å². The number of nitrogen functional groups attached to an aromatic ring is 1. The second-order valence-electron chi connectivity index (χ2n) is 6.88. The van der Waals surface area contributed by atoms with E-state index in [4.69, 9.17) is 24.0 Å². The number of hydrogen-bond acceptors (Lipinski definition) is 9. The summed E-state index contributed by atoms with van der Waals surface area (Å²) in [5.41, 5.74) is 2.93. The van der Waals surface area contributed by atoms with E-state index in [-0.39, 0.29) is 23.7 Å². The molecule has 3 N–H and O–H groups in total. The molecule has 5 atom stereocenters. The van der Waals surface area contributed by atoms with Crippen LogP contribution in [0.5, 0.6) is 0 Å². The zero-order valence-electron chi connectivity index (χ0n) is 14.8. The Morgan fingerprint density at radius 3 is 3.00 bits per heavy atom. The smallest absolute Gasteiger partial charge is 0.369 e. The van der Waals surface area contributed by atoms with Gasteiger partial charge in [0.15, 0.2) is 23.1 Å². The summed E-state index contributed by atoms with van der Waals surface area (Å²) in [6.07, 6.45) is -2.50. The minimum Gasteiger partial charge on any atom is -0.369 e. The van der Waals surface area contributed by atoms with Crippen LogP contribution in [0.25, 0.3) is 11.2 Å². The highest BCUT2D eigenvalue weighted by Crippen LogP contribution is 2.60. The van der Waals surface area contributed by atoms with Crippen LogP contribution in [-0.2, 0) is 22.9 Å². The first-order valence-corrected chi connectivity index (χ1v) is 9.75. The fraction of sp³-hybridized carbons (Fsp3) is 0.643. The molecule has 0 amide bonds. The van der Waals surface area contributed by atoms with Gasteiger partial charge < -0.3 is 10.5 Å². The lowest BCUT2D eigenvalue weighted by Crippen LogP contribution is -2.45. The van der Waals surface area contributed by atoms with Crippen molar-refractivity contribution in [1.29, 1.82) is 0 Å². The summed E-state index contributed by atoms with van der Waals surface area (Å²) in [4.78, 5) is 22.2. The molecular formula is C14H19FN5O6P. The van der Waals surface area contributed by atoms with Crippen molar-refractivity contribution in [1.82, 2.24) is 19.5 Å². The summed E-state index contributed by atoms with van der Waals surface area (Å²) in [6.45, 7) is 4.39. The molecule has 2 aromatic rings. The van der Waals surface area contributed by atoms with Crippen molar-refractivity contribution in [2.75, 3.05) is 12.3 Å². The molecule has 4 rings (SSSR count). The van der Waals surface area contributed by atoms with E-state index < -0.39 is 43.6 Å². The zero-order valence-corrected chi connectivity index (χ0v) is 15.7. The summed E-state index contributed by atoms with van der Waals surface area (Å²) < 4.78 is 51.1. The van der Waals surface area contributed by atoms with E-state index in [0.717, 1.165) is 0 Å². The number of aromatic amines is 1. The number of hydrogen-bond donors (Lipinski definition) is 2. The van der Waals surface area contributed by atoms with Crippen LogP contribution in [-0.4, -0.2) is 50.1 Å². The van der Waals surface area contributed by atoms with Gasteiger partial charge in [0.1, 0.15) is 12.2 Å². The molecule has 2 aliphatic heterocycles. The minimum atomic E-state index is -3.92. The number of fused-ring (bicyclic) bond motifs is 2. The third-order valence-electron chi connectivity index (χ3n) is 4.36. The molecule has 0 spiro atoms. The second kappa shape index (κ2) is 6.08. The summed E-state index contributed by atoms with van der Waals surface area (Å²) in [5, 5.41) is 0. The van der Waals surface area contributed by atoms with Crippen molar-refractivity contribution in [2.24, 2.45) is 0 Å². The van der Waals surface area contributed by atoms with Crippen molar-refractivity contribution < 1.29 is 27.3 Å². The average Bonchev–Trinajstić information content (AvgIpc) is 3.05. The molecule has 13 heteroatoms. The number of ether oxygens (including phenoxy) is 1. The molecule has 0 bridgehead atoms. The van der Waals surface area contributed by atoms with E-state index >= 15 is 4.39 Å². The number of nitrogens with one attached hydrogen (secondary N) is 1. The number of alkyl halides is 1. The van der Waals surface area contributed by atoms with Crippen molar-refractivity contribution in [3.63, 3.8) is 0 Å². The molecule has 2 saturated heterocycles. The lowest BCUT2D eigenvalue weighted by atomic mass is 9.98. The van der Waals surface area contributed by atoms with Gasteiger partial charge in [0.25, 0.3) is 5.56 Å². The SMILES string of the molecule is CC(C)OP1(=O)OCC2OC(n3cnc4c(=O)[nH]c(N)nc43)C(C)(F)C2O1. The topological polar surface area (TPSA) is 144 Å². The van der Waals surface area contributed by atoms with Gasteiger partial charge in [0.05, 0.1) is 19.0 Å². The van der Waals surface area contributed by atoms with Gasteiger partial charge in [-0.15, -0.1) is 0 Å². The van der Waals surface area contributed by atoms with Crippen LogP contribution >= 0.6 is 7.82 Å². The quantitative estimate of drug-likeness (QED) is 0.724. The van der Waals surface area contributed by atoms with Crippen LogP contribution < -0.4 is 11.3 Å². The monoisotopic (exact) mass is 403 g/mol. The van der Waals surface area contributed by atoms with E-state index in [9.17, 15) is 9.36 Å². The predicted octanol–water partition coefficient (Wildman–Crippen LogP) is 1.28. The van der Waals surface area contributed by atoms with E-state index in [1.54, 1.807) is 13.8 Å². The predicted molar refractivity (Wildman–Crippen MR) is 90.6 cm³/mol. The zero-order chi connectivity index (χ0) is 19.6. The number of H-pyrrole nitrogens is 1. The number of halogens is 1. The van der Waals surface area contributed by atoms with Crippen molar-refractivity contribution in [2.45, 2.75) is 51.0 Å². The Hall–Kier alpha value is -1.85. The Bertz CT molecular complexity index is 990. The lowest BCUT2D eigenvalue weighted by Gasteiger charge is -2.34. The molecule has 2 aromatic heterocycles. The van der Waals surface area contributed by atoms with Crippen LogP contribution in [0.4, 0.5) is 10.3 Å². The van der Waals surface area contributed by atoms with Crippen LogP contribution in [0.3, 0.4) is 0 Å². The highest BCUT2D eigenvalue weighted by Gasteiger charge is 2.61. The van der Waals surface area contributed by atoms with Crippen molar-refractivity contribution in [3.05, 3.63) is 16.7 Å². The molecule has 148 valence electrons. The van der Waals surface area contributed by atoms with E-state index in [2.05, 4.69) is 15.0 Å². The molecule has 0 saturated carbocycles. The van der Waals surface area contributed by atoms with Crippen LogP contribution in [0.1, 0.15) is 27.0 Å². The number of imidazole rings is 1. The van der Waals surface area contributed by atoms with Crippen molar-refractivity contribution >= 4 is 24.9 Å². The van der Waals surface area contributed by atoms with E-state index in [1.165, 1.54) is 17.8 Å². The van der Waals surface area contributed by atoms with E-state index in [0.29, 0.717) is 0 Å². The Kier molecular flexibility index (Phi) is 4.17. The molecule has 0 aromatic carbocycles. The van der Waals surface area contributed by atoms with Gasteiger partial charge in [0, 0.05) is 0 Å². The molecule has 5 unspecified atom stereocenters. The fourth-order valence-corrected chi connectivity index (χ4v) is 4.91. The summed E-state index contributed by atoms with van der Waals surface area (Å²) in [6, 6.07) is 0. The van der Waals surface area contributed by atoms with Crippen LogP contribution in [0.2, 0.25) is 0 Å². The number of aromatic nitrogens is 4. The summed E-state index contributed by atoms with van der Waals surface area (Å²) in [7, 11) is -3.92. The van der Waals surface area contributed by atoms with Crippen molar-refractivity contribution in [3.8, 4) is 0 Å². The number of rotatable bonds is 3. The number of nitrogens with two attached hydrogens (primary N) is 1. The fourth-order valence-electron chi connectivity index (χ4n) is 3.27. The normalized spacial score (nSPS) is 36.4. The average molecular weight is 403 g/mol. The Morgan fingerprint density at radius 2 is 2.30 bits per heavy atom. The number of phosphoric acid groups is 1. The Labute approximate surface area is 152 Å². The number of phosphoric ester groups is 1. The lowest BCUT2D eigenvalue weighted by molar-refractivity contribution is -0.0733. The van der Waals surface area contributed by atoms with Gasteiger partial charge in [-0.1, -0.05) is 0 Å². The third-order valence-corrected chi connectivity index (χ3v) is 5.99. The second-order valence-corrected chi connectivity index (χ2v) is 8.45. The maximum absolute atomic E-state index is 15.7. The largest absolute Gasteiger partial charge is 0.475 e. The summed E-state index contributed by atoms with van der Waals surface area (Å²) >= 11 is 0. The molecule has 4 heterocycles. The Morgan fingerprint density at radius 1 is 1.56 bits per heavy atom. The first-order valence-electron chi connectivity index (χ1n) is 8.29. The Balaban J connectivity index is 1.71. The van der Waals surface area contributed by atoms with Gasteiger partial charge in [-0.25, -0.2) is 13.9 Å². The third kappa shape index (κ3) is 2.97. The standard InChI is InChI=1S/C14H19FN5O6P/c1-6(2)25-27(22)23-4-7-9(26-27)14(3,15)12(24-7)20-5-17-8-10(20)18-13(16)19-11(8)21/h5-7,9,12H,4H2,1-3H3,(H3,16,18,19,21). The van der Waals surface area contributed by atoms with Gasteiger partial charge in [-0.05, 0) is 20.8 Å². The van der Waals surface area contributed by atoms with Gasteiger partial charge in [0.2, 0.25) is 5.95 Å². The van der Waals surface area contributed by atoms with Gasteiger partial charge >= 0.3 is 7.82 Å². The first kappa shape index (κ1) is 18.5. The van der Waals surface area contributed by atoms with Gasteiger partial charge in [-0.3, -0.25) is 27.9 Å². The summed E-state index contributed by atoms with van der Waals surface area (Å²) in [5.74, 6) is -0.139. The first-order chi connectivity index (χ1) is 12.6. The van der Waals surface area contributed by atoms with Gasteiger partial charge in [-0.2, -0.15) is 4.98 Å².